The van der Waals surface area contributed by atoms with Crippen molar-refractivity contribution in [3.63, 3.8) is 0 Å². The molecule has 0 spiro atoms. The van der Waals surface area contributed by atoms with Crippen molar-refractivity contribution in [3.05, 3.63) is 12.2 Å². The molecule has 24 heavy (non-hydrogen) atoms. The molecule has 0 aliphatic rings. The average Bonchev–Trinajstić information content (AvgIpc) is 2.55. The van der Waals surface area contributed by atoms with E-state index in [1.807, 2.05) is 0 Å². The maximum Gasteiger partial charge on any atom is 0.303 e. The van der Waals surface area contributed by atoms with E-state index >= 15 is 0 Å². The molecule has 0 unspecified atom stereocenters. The van der Waals surface area contributed by atoms with E-state index in [-0.39, 0.29) is 6.42 Å². The Labute approximate surface area is 148 Å². The quantitative estimate of drug-likeness (QED) is 0.261. The van der Waals surface area contributed by atoms with Crippen molar-refractivity contribution < 1.29 is 20.1 Å². The molecule has 0 rings (SSSR count). The molecule has 0 fully saturated rings. The van der Waals surface area contributed by atoms with Crippen LogP contribution in [0.3, 0.4) is 0 Å². The van der Waals surface area contributed by atoms with Gasteiger partial charge in [-0.15, -0.1) is 0 Å². The molecule has 0 amide bonds. The maximum absolute atomic E-state index is 10.4. The maximum atomic E-state index is 10.4. The Morgan fingerprint density at radius 1 is 0.750 bits per heavy atom. The van der Waals surface area contributed by atoms with Crippen molar-refractivity contribution in [1.82, 2.24) is 0 Å². The van der Waals surface area contributed by atoms with Crippen molar-refractivity contribution in [1.29, 1.82) is 0 Å². The number of carboxylic acid groups (broad SMARTS) is 1. The Balaban J connectivity index is 3.46. The fraction of sp³-hybridized carbons (Fsp3) is 0.850. The third-order valence-electron chi connectivity index (χ3n) is 4.30. The van der Waals surface area contributed by atoms with Crippen LogP contribution in [-0.2, 0) is 4.79 Å². The lowest BCUT2D eigenvalue weighted by atomic mass is 10.0. The average molecular weight is 343 g/mol. The lowest BCUT2D eigenvalue weighted by molar-refractivity contribution is -0.137. The van der Waals surface area contributed by atoms with Crippen molar-refractivity contribution in [2.24, 2.45) is 0 Å². The normalized spacial score (nSPS) is 14.1. The van der Waals surface area contributed by atoms with Crippen LogP contribution < -0.4 is 0 Å². The lowest BCUT2D eigenvalue weighted by Crippen LogP contribution is -2.06. The molecule has 0 bridgehead atoms. The highest BCUT2D eigenvalue weighted by Gasteiger charge is 2.03. The Kier molecular flexibility index (Phi) is 16.4. The Bertz CT molecular complexity index is 315. The van der Waals surface area contributed by atoms with E-state index in [0.717, 1.165) is 57.8 Å². The van der Waals surface area contributed by atoms with Crippen LogP contribution in [0, 0.1) is 0 Å². The van der Waals surface area contributed by atoms with Gasteiger partial charge in [-0.2, -0.15) is 0 Å². The lowest BCUT2D eigenvalue weighted by Gasteiger charge is -2.08. The second kappa shape index (κ2) is 17.0. The molecule has 4 heteroatoms. The molecule has 0 aromatic heterocycles. The van der Waals surface area contributed by atoms with Gasteiger partial charge in [-0.05, 0) is 19.3 Å². The van der Waals surface area contributed by atoms with Crippen LogP contribution in [-0.4, -0.2) is 33.5 Å². The molecule has 0 radical (unpaired) electrons. The first-order valence-electron chi connectivity index (χ1n) is 9.82. The van der Waals surface area contributed by atoms with Crippen molar-refractivity contribution in [3.8, 4) is 0 Å². The minimum Gasteiger partial charge on any atom is -0.481 e. The highest BCUT2D eigenvalue weighted by Crippen LogP contribution is 2.12. The first-order chi connectivity index (χ1) is 11.6. The number of aliphatic hydroxyl groups is 2. The fourth-order valence-electron chi connectivity index (χ4n) is 2.74. The molecule has 142 valence electrons. The molecule has 0 saturated heterocycles. The summed E-state index contributed by atoms with van der Waals surface area (Å²) in [5.41, 5.74) is 0. The molecular formula is C20H38O4. The summed E-state index contributed by atoms with van der Waals surface area (Å²) in [6.45, 7) is 2.19. The molecule has 3 N–H and O–H groups in total. The number of carbonyl (C=O) groups is 1. The minimum atomic E-state index is -0.715. The minimum absolute atomic E-state index is 0.268. The third-order valence-corrected chi connectivity index (χ3v) is 4.30. The summed E-state index contributed by atoms with van der Waals surface area (Å²) < 4.78 is 0. The molecule has 0 heterocycles. The van der Waals surface area contributed by atoms with Gasteiger partial charge >= 0.3 is 5.97 Å². The zero-order valence-electron chi connectivity index (χ0n) is 15.5. The van der Waals surface area contributed by atoms with Gasteiger partial charge in [-0.3, -0.25) is 4.79 Å². The standard InChI is InChI=1S/C20H38O4/c1-2-3-4-7-10-13-18(21)16-17-19(22)14-11-8-5-6-9-12-15-20(23)24/h16-19,21-22H,2-15H2,1H3,(H,23,24)/b17-16+/t18-,19-/m0/s1. The van der Waals surface area contributed by atoms with E-state index in [9.17, 15) is 15.0 Å². The van der Waals surface area contributed by atoms with E-state index < -0.39 is 18.2 Å². The van der Waals surface area contributed by atoms with E-state index in [1.165, 1.54) is 25.7 Å². The number of carboxylic acids is 1. The number of hydrogen-bond donors (Lipinski definition) is 3. The molecule has 2 atom stereocenters. The van der Waals surface area contributed by atoms with Gasteiger partial charge < -0.3 is 15.3 Å². The number of rotatable bonds is 17. The summed E-state index contributed by atoms with van der Waals surface area (Å²) in [6, 6.07) is 0. The molecule has 0 aromatic rings. The summed E-state index contributed by atoms with van der Waals surface area (Å²) in [6.07, 6.45) is 16.2. The highest BCUT2D eigenvalue weighted by atomic mass is 16.4. The number of aliphatic carboxylic acids is 1. The predicted octanol–water partition coefficient (Wildman–Crippen LogP) is 4.83. The zero-order chi connectivity index (χ0) is 18.0. The number of hydrogen-bond acceptors (Lipinski definition) is 3. The molecular weight excluding hydrogens is 304 g/mol. The SMILES string of the molecule is CCCCCCC[C@H](O)/C=C/[C@@H](O)CCCCCCCCC(=O)O. The van der Waals surface area contributed by atoms with E-state index in [4.69, 9.17) is 5.11 Å². The van der Waals surface area contributed by atoms with Crippen molar-refractivity contribution in [2.75, 3.05) is 0 Å². The predicted molar refractivity (Wildman–Crippen MR) is 99.1 cm³/mol. The largest absolute Gasteiger partial charge is 0.481 e. The van der Waals surface area contributed by atoms with Crippen LogP contribution in [0.25, 0.3) is 0 Å². The van der Waals surface area contributed by atoms with E-state index in [2.05, 4.69) is 6.92 Å². The molecule has 0 aliphatic heterocycles. The summed E-state index contributed by atoms with van der Waals surface area (Å²) in [4.78, 5) is 10.4. The van der Waals surface area contributed by atoms with Gasteiger partial charge in [-0.1, -0.05) is 83.3 Å². The van der Waals surface area contributed by atoms with E-state index in [0.29, 0.717) is 0 Å². The van der Waals surface area contributed by atoms with Gasteiger partial charge in [0.2, 0.25) is 0 Å². The van der Waals surface area contributed by atoms with Gasteiger partial charge in [0.25, 0.3) is 0 Å². The molecule has 0 saturated carbocycles. The van der Waals surface area contributed by atoms with Crippen LogP contribution in [0.4, 0.5) is 0 Å². The van der Waals surface area contributed by atoms with Gasteiger partial charge in [0.05, 0.1) is 12.2 Å². The van der Waals surface area contributed by atoms with Crippen molar-refractivity contribution >= 4 is 5.97 Å². The summed E-state index contributed by atoms with van der Waals surface area (Å²) in [5, 5.41) is 28.3. The first-order valence-corrected chi connectivity index (χ1v) is 9.82. The van der Waals surface area contributed by atoms with Gasteiger partial charge in [0.15, 0.2) is 0 Å². The summed E-state index contributed by atoms with van der Waals surface area (Å²) in [5.74, 6) is -0.715. The van der Waals surface area contributed by atoms with Crippen LogP contribution >= 0.6 is 0 Å². The van der Waals surface area contributed by atoms with Gasteiger partial charge in [0.1, 0.15) is 0 Å². The van der Waals surface area contributed by atoms with E-state index in [1.54, 1.807) is 12.2 Å². The fourth-order valence-corrected chi connectivity index (χ4v) is 2.74. The van der Waals surface area contributed by atoms with Gasteiger partial charge in [-0.25, -0.2) is 0 Å². The summed E-state index contributed by atoms with van der Waals surface area (Å²) in [7, 11) is 0. The third kappa shape index (κ3) is 17.5. The van der Waals surface area contributed by atoms with Crippen LogP contribution in [0.2, 0.25) is 0 Å². The van der Waals surface area contributed by atoms with Crippen molar-refractivity contribution in [2.45, 2.75) is 109 Å². The second-order valence-electron chi connectivity index (χ2n) is 6.78. The molecule has 0 aromatic carbocycles. The highest BCUT2D eigenvalue weighted by molar-refractivity contribution is 5.66. The van der Waals surface area contributed by atoms with Gasteiger partial charge in [0, 0.05) is 6.42 Å². The number of unbranched alkanes of at least 4 members (excludes halogenated alkanes) is 9. The Hall–Kier alpha value is -0.870. The molecule has 4 nitrogen and oxygen atoms in total. The molecule has 0 aliphatic carbocycles. The van der Waals surface area contributed by atoms with Crippen LogP contribution in [0.1, 0.15) is 96.8 Å². The Morgan fingerprint density at radius 2 is 1.17 bits per heavy atom. The first kappa shape index (κ1) is 23.1. The van der Waals surface area contributed by atoms with Crippen LogP contribution in [0.15, 0.2) is 12.2 Å². The summed E-state index contributed by atoms with van der Waals surface area (Å²) >= 11 is 0. The second-order valence-corrected chi connectivity index (χ2v) is 6.78. The van der Waals surface area contributed by atoms with Crippen LogP contribution in [0.5, 0.6) is 0 Å². The smallest absolute Gasteiger partial charge is 0.303 e. The Morgan fingerprint density at radius 3 is 1.62 bits per heavy atom. The monoisotopic (exact) mass is 342 g/mol. The number of aliphatic hydroxyl groups excluding tert-OH is 2. The topological polar surface area (TPSA) is 77.8 Å². The zero-order valence-corrected chi connectivity index (χ0v) is 15.5.